The Balaban J connectivity index is 2.31. The number of hydrogen-bond donors (Lipinski definition) is 0. The molecule has 1 heterocycles. The highest BCUT2D eigenvalue weighted by Crippen LogP contribution is 2.48. The second-order valence-electron chi connectivity index (χ2n) is 4.54. The van der Waals surface area contributed by atoms with E-state index in [9.17, 15) is 8.42 Å². The minimum absolute atomic E-state index is 0.0320. The van der Waals surface area contributed by atoms with Gasteiger partial charge >= 0.3 is 0 Å². The summed E-state index contributed by atoms with van der Waals surface area (Å²) in [5.41, 5.74) is 0.735. The molecule has 0 radical (unpaired) electrons. The molecule has 3 nitrogen and oxygen atoms in total. The van der Waals surface area contributed by atoms with Gasteiger partial charge in [0.1, 0.15) is 0 Å². The average molecular weight is 322 g/mol. The van der Waals surface area contributed by atoms with Crippen molar-refractivity contribution in [1.82, 2.24) is 0 Å². The SMILES string of the molecule is [2H]C([2H])=C([2H])C([2H])([2H])N1c2ccccc2Sc2ccc(S(C)(=O)=O)cc21. The maximum absolute atomic E-state index is 11.9. The summed E-state index contributed by atoms with van der Waals surface area (Å²) in [4.78, 5) is 2.59. The predicted octanol–water partition coefficient (Wildman–Crippen LogP) is 3.88. The third-order valence-corrected chi connectivity index (χ3v) is 5.33. The lowest BCUT2D eigenvalue weighted by atomic mass is 10.2. The molecule has 2 aromatic carbocycles. The predicted molar refractivity (Wildman–Crippen MR) is 87.3 cm³/mol. The Bertz CT molecular complexity index is 1020. The molecule has 0 saturated carbocycles. The average Bonchev–Trinajstić information content (AvgIpc) is 2.57. The summed E-state index contributed by atoms with van der Waals surface area (Å²) in [7, 11) is -3.51. The summed E-state index contributed by atoms with van der Waals surface area (Å²) in [6.45, 7) is -3.44. The van der Waals surface area contributed by atoms with Crippen LogP contribution in [-0.2, 0) is 9.84 Å². The van der Waals surface area contributed by atoms with Gasteiger partial charge in [0.05, 0.1) is 23.1 Å². The Morgan fingerprint density at radius 1 is 1.33 bits per heavy atom. The number of rotatable bonds is 3. The van der Waals surface area contributed by atoms with E-state index in [2.05, 4.69) is 0 Å². The van der Waals surface area contributed by atoms with Gasteiger partial charge in [0, 0.05) is 22.5 Å². The van der Waals surface area contributed by atoms with Crippen molar-refractivity contribution in [3.8, 4) is 0 Å². The molecule has 0 spiro atoms. The van der Waals surface area contributed by atoms with Gasteiger partial charge in [0.15, 0.2) is 9.84 Å². The van der Waals surface area contributed by atoms with Crippen LogP contribution >= 0.6 is 11.8 Å². The first-order valence-electron chi connectivity index (χ1n) is 8.59. The largest absolute Gasteiger partial charge is 0.336 e. The number of nitrogens with zero attached hydrogens (tertiary/aromatic N) is 1. The monoisotopic (exact) mass is 322 g/mol. The maximum atomic E-state index is 11.9. The Labute approximate surface area is 136 Å². The van der Waals surface area contributed by atoms with E-state index in [0.29, 0.717) is 10.6 Å². The minimum atomic E-state index is -3.51. The fourth-order valence-corrected chi connectivity index (χ4v) is 3.82. The first kappa shape index (κ1) is 9.33. The van der Waals surface area contributed by atoms with E-state index in [1.54, 1.807) is 30.3 Å². The molecule has 0 fully saturated rings. The Morgan fingerprint density at radius 3 is 2.86 bits per heavy atom. The number of para-hydroxylation sites is 1. The van der Waals surface area contributed by atoms with Crippen molar-refractivity contribution < 1.29 is 15.3 Å². The van der Waals surface area contributed by atoms with Gasteiger partial charge in [-0.15, -0.1) is 6.53 Å². The fraction of sp³-hybridized carbons (Fsp3) is 0.125. The standard InChI is InChI=1S/C16H15NO2S2/c1-3-10-17-13-6-4-5-7-15(13)20-16-9-8-12(11-14(16)17)21(2,18)19/h3-9,11H,1,10H2,2H3/i1D2,3D,10D2. The molecule has 1 aliphatic rings. The van der Waals surface area contributed by atoms with Crippen LogP contribution in [0.4, 0.5) is 11.4 Å². The zero-order valence-corrected chi connectivity index (χ0v) is 12.8. The number of hydrogen-bond acceptors (Lipinski definition) is 4. The second-order valence-corrected chi connectivity index (χ2v) is 7.64. The molecule has 0 N–H and O–H groups in total. The first-order chi connectivity index (χ1) is 12.0. The van der Waals surface area contributed by atoms with Gasteiger partial charge in [-0.25, -0.2) is 8.42 Å². The van der Waals surface area contributed by atoms with E-state index >= 15 is 0 Å². The summed E-state index contributed by atoms with van der Waals surface area (Å²) in [6, 6.07) is 10.6. The number of benzene rings is 2. The molecule has 21 heavy (non-hydrogen) atoms. The van der Waals surface area contributed by atoms with Crippen LogP contribution in [0.2, 0.25) is 0 Å². The molecule has 5 heteroatoms. The summed E-state index contributed by atoms with van der Waals surface area (Å²) in [5, 5.41) is 0. The van der Waals surface area contributed by atoms with Gasteiger partial charge < -0.3 is 4.90 Å². The van der Waals surface area contributed by atoms with Crippen molar-refractivity contribution in [2.75, 3.05) is 17.7 Å². The van der Waals surface area contributed by atoms with E-state index in [-0.39, 0.29) is 10.6 Å². The summed E-state index contributed by atoms with van der Waals surface area (Å²) in [5.74, 6) is 0. The first-order valence-corrected chi connectivity index (χ1v) is 8.80. The van der Waals surface area contributed by atoms with E-state index < -0.39 is 28.9 Å². The van der Waals surface area contributed by atoms with Gasteiger partial charge in [-0.3, -0.25) is 0 Å². The highest BCUT2D eigenvalue weighted by atomic mass is 32.2. The van der Waals surface area contributed by atoms with Crippen molar-refractivity contribution in [2.45, 2.75) is 14.7 Å². The van der Waals surface area contributed by atoms with Crippen LogP contribution in [0, 0.1) is 0 Å². The summed E-state index contributed by atoms with van der Waals surface area (Å²) >= 11 is 1.37. The van der Waals surface area contributed by atoms with E-state index in [4.69, 9.17) is 6.85 Å². The zero-order chi connectivity index (χ0) is 19.3. The van der Waals surface area contributed by atoms with Crippen molar-refractivity contribution in [3.05, 3.63) is 55.0 Å². The lowest BCUT2D eigenvalue weighted by Crippen LogP contribution is -2.21. The van der Waals surface area contributed by atoms with Gasteiger partial charge in [-0.1, -0.05) is 29.9 Å². The molecule has 1 aliphatic heterocycles. The van der Waals surface area contributed by atoms with Crippen molar-refractivity contribution in [2.24, 2.45) is 0 Å². The van der Waals surface area contributed by atoms with Crippen LogP contribution in [0.25, 0.3) is 0 Å². The van der Waals surface area contributed by atoms with Crippen LogP contribution in [0.3, 0.4) is 0 Å². The quantitative estimate of drug-likeness (QED) is 0.804. The molecule has 0 amide bonds. The van der Waals surface area contributed by atoms with Crippen LogP contribution in [0.1, 0.15) is 6.85 Å². The molecule has 0 aliphatic carbocycles. The van der Waals surface area contributed by atoms with Gasteiger partial charge in [0.2, 0.25) is 0 Å². The van der Waals surface area contributed by atoms with Crippen LogP contribution in [0.5, 0.6) is 0 Å². The Morgan fingerprint density at radius 2 is 2.10 bits per heavy atom. The maximum Gasteiger partial charge on any atom is 0.175 e. The zero-order valence-electron chi connectivity index (χ0n) is 16.1. The van der Waals surface area contributed by atoms with Crippen molar-refractivity contribution in [1.29, 1.82) is 0 Å². The Kier molecular flexibility index (Phi) is 2.33. The van der Waals surface area contributed by atoms with Crippen LogP contribution in [-0.4, -0.2) is 21.2 Å². The van der Waals surface area contributed by atoms with E-state index in [1.165, 1.54) is 28.8 Å². The number of anilines is 2. The normalized spacial score (nSPS) is 17.4. The topological polar surface area (TPSA) is 37.4 Å². The molecule has 3 rings (SSSR count). The van der Waals surface area contributed by atoms with Gasteiger partial charge in [0.25, 0.3) is 0 Å². The Hall–Kier alpha value is -1.72. The van der Waals surface area contributed by atoms with E-state index in [0.717, 1.165) is 11.2 Å². The smallest absolute Gasteiger partial charge is 0.175 e. The number of fused-ring (bicyclic) bond motifs is 2. The molecular weight excluding hydrogens is 302 g/mol. The van der Waals surface area contributed by atoms with Crippen LogP contribution in [0.15, 0.2) is 69.7 Å². The molecule has 0 bridgehead atoms. The second kappa shape index (κ2) is 5.24. The van der Waals surface area contributed by atoms with Gasteiger partial charge in [-0.2, -0.15) is 0 Å². The van der Waals surface area contributed by atoms with Crippen molar-refractivity contribution in [3.63, 3.8) is 0 Å². The molecule has 2 aromatic rings. The lowest BCUT2D eigenvalue weighted by molar-refractivity contribution is 0.602. The third-order valence-electron chi connectivity index (χ3n) is 3.09. The molecule has 0 saturated heterocycles. The van der Waals surface area contributed by atoms with Crippen molar-refractivity contribution >= 4 is 33.0 Å². The van der Waals surface area contributed by atoms with E-state index in [1.807, 2.05) is 0 Å². The summed E-state index contributed by atoms with van der Waals surface area (Å²) < 4.78 is 63.3. The van der Waals surface area contributed by atoms with Gasteiger partial charge in [-0.05, 0) is 30.3 Å². The lowest BCUT2D eigenvalue weighted by Gasteiger charge is -2.32. The minimum Gasteiger partial charge on any atom is -0.336 e. The number of sulfone groups is 1. The third kappa shape index (κ3) is 2.59. The van der Waals surface area contributed by atoms with Crippen LogP contribution < -0.4 is 4.90 Å². The molecular formula is C16H15NO2S2. The molecule has 0 aromatic heterocycles. The fourth-order valence-electron chi connectivity index (χ4n) is 2.14. The summed E-state index contributed by atoms with van der Waals surface area (Å²) in [6.07, 6.45) is 1.07. The molecule has 0 atom stereocenters. The molecule has 108 valence electrons. The molecule has 0 unspecified atom stereocenters. The highest BCUT2D eigenvalue weighted by Gasteiger charge is 2.23. The highest BCUT2D eigenvalue weighted by molar-refractivity contribution is 7.99.